The third-order valence-corrected chi connectivity index (χ3v) is 6.15. The second-order valence-electron chi connectivity index (χ2n) is 8.35. The molecule has 3 aromatic carbocycles. The molecule has 0 unspecified atom stereocenters. The highest BCUT2D eigenvalue weighted by Gasteiger charge is 2.14. The molecule has 0 amide bonds. The number of hydrogen-bond donors (Lipinski definition) is 0. The zero-order chi connectivity index (χ0) is 27.2. The van der Waals surface area contributed by atoms with Gasteiger partial charge in [-0.05, 0) is 36.2 Å². The molecule has 1 aromatic heterocycles. The first-order valence-corrected chi connectivity index (χ1v) is 12.5. The van der Waals surface area contributed by atoms with Crippen LogP contribution in [0.3, 0.4) is 0 Å². The monoisotopic (exact) mass is 579 g/mol. The van der Waals surface area contributed by atoms with E-state index in [1.54, 1.807) is 30.3 Å². The maximum Gasteiger partial charge on any atom is 0.282 e. The van der Waals surface area contributed by atoms with E-state index < -0.39 is 9.85 Å². The average molecular weight is 580 g/mol. The number of aryl methyl sites for hydroxylation is 1. The summed E-state index contributed by atoms with van der Waals surface area (Å²) in [6.07, 6.45) is 3.51. The first-order chi connectivity index (χ1) is 18.3. The Labute approximate surface area is 224 Å². The summed E-state index contributed by atoms with van der Waals surface area (Å²) in [4.78, 5) is 39.4. The van der Waals surface area contributed by atoms with Crippen molar-refractivity contribution in [3.05, 3.63) is 113 Å². The van der Waals surface area contributed by atoms with Crippen LogP contribution >= 0.6 is 15.9 Å². The number of fused-ring (bicyclic) bond motifs is 1. The molecule has 12 heteroatoms. The number of halogens is 1. The van der Waals surface area contributed by atoms with E-state index in [2.05, 4.69) is 26.0 Å². The van der Waals surface area contributed by atoms with Crippen LogP contribution in [0.25, 0.3) is 10.9 Å². The third kappa shape index (κ3) is 6.09. The van der Waals surface area contributed by atoms with Gasteiger partial charge >= 0.3 is 0 Å². The second kappa shape index (κ2) is 11.7. The van der Waals surface area contributed by atoms with Gasteiger partial charge in [0.25, 0.3) is 16.9 Å². The molecule has 0 saturated carbocycles. The largest absolute Gasteiger partial charge is 0.488 e. The fourth-order valence-electron chi connectivity index (χ4n) is 3.73. The quantitative estimate of drug-likeness (QED) is 0.131. The predicted octanol–water partition coefficient (Wildman–Crippen LogP) is 5.78. The highest BCUT2D eigenvalue weighted by atomic mass is 79.9. The maximum atomic E-state index is 13.3. The lowest BCUT2D eigenvalue weighted by molar-refractivity contribution is -0.385. The van der Waals surface area contributed by atoms with Crippen LogP contribution in [0.15, 0.2) is 75.0 Å². The van der Waals surface area contributed by atoms with Crippen molar-refractivity contribution >= 4 is 44.4 Å². The van der Waals surface area contributed by atoms with Crippen LogP contribution in [0, 0.1) is 20.2 Å². The highest BCUT2D eigenvalue weighted by molar-refractivity contribution is 9.10. The molecule has 38 heavy (non-hydrogen) atoms. The first-order valence-electron chi connectivity index (χ1n) is 11.7. The van der Waals surface area contributed by atoms with Crippen LogP contribution in [0.5, 0.6) is 5.75 Å². The van der Waals surface area contributed by atoms with E-state index in [1.807, 2.05) is 6.92 Å². The minimum absolute atomic E-state index is 0.0203. The van der Waals surface area contributed by atoms with E-state index in [0.29, 0.717) is 28.7 Å². The summed E-state index contributed by atoms with van der Waals surface area (Å²) < 4.78 is 7.77. The maximum absolute atomic E-state index is 13.3. The summed E-state index contributed by atoms with van der Waals surface area (Å²) in [7, 11) is 0. The number of non-ortho nitro benzene ring substituents is 2. The molecule has 0 aliphatic heterocycles. The average Bonchev–Trinajstić information content (AvgIpc) is 2.91. The molecule has 0 bridgehead atoms. The van der Waals surface area contributed by atoms with Crippen molar-refractivity contribution in [2.75, 3.05) is 0 Å². The molecule has 0 N–H and O–H groups in total. The Bertz CT molecular complexity index is 1620. The van der Waals surface area contributed by atoms with Gasteiger partial charge in [0, 0.05) is 40.7 Å². The zero-order valence-corrected chi connectivity index (χ0v) is 21.8. The second-order valence-corrected chi connectivity index (χ2v) is 9.27. The molecule has 0 atom stereocenters. The molecule has 0 spiro atoms. The topological polar surface area (TPSA) is 143 Å². The molecule has 194 valence electrons. The van der Waals surface area contributed by atoms with Gasteiger partial charge in [-0.15, -0.1) is 0 Å². The number of nitrogens with zero attached hydrogens (tertiary/aromatic N) is 5. The molecule has 4 rings (SSSR count). The van der Waals surface area contributed by atoms with E-state index in [9.17, 15) is 25.0 Å². The summed E-state index contributed by atoms with van der Waals surface area (Å²) in [5.74, 6) is 0.720. The van der Waals surface area contributed by atoms with E-state index in [0.717, 1.165) is 17.3 Å². The molecule has 4 aromatic rings. The van der Waals surface area contributed by atoms with Crippen LogP contribution < -0.4 is 10.3 Å². The van der Waals surface area contributed by atoms with Gasteiger partial charge in [0.05, 0.1) is 27.0 Å². The number of benzene rings is 3. The molecule has 0 fully saturated rings. The van der Waals surface area contributed by atoms with Gasteiger partial charge in [-0.1, -0.05) is 41.4 Å². The Kier molecular flexibility index (Phi) is 8.22. The fourth-order valence-corrected chi connectivity index (χ4v) is 4.09. The Balaban J connectivity index is 1.74. The summed E-state index contributed by atoms with van der Waals surface area (Å²) >= 11 is 3.38. The third-order valence-electron chi connectivity index (χ3n) is 5.66. The number of hydrogen-bond acceptors (Lipinski definition) is 8. The van der Waals surface area contributed by atoms with Crippen LogP contribution in [0.1, 0.15) is 36.7 Å². The fraction of sp³-hybridized carbons (Fsp3) is 0.192. The number of aromatic nitrogens is 2. The Morgan fingerprint density at radius 2 is 1.82 bits per heavy atom. The molecular weight excluding hydrogens is 558 g/mol. The molecule has 1 heterocycles. The normalized spacial score (nSPS) is 11.2. The van der Waals surface area contributed by atoms with Gasteiger partial charge in [0.2, 0.25) is 0 Å². The van der Waals surface area contributed by atoms with Gasteiger partial charge in [-0.2, -0.15) is 9.78 Å². The van der Waals surface area contributed by atoms with Crippen LogP contribution in [0.2, 0.25) is 0 Å². The van der Waals surface area contributed by atoms with Crippen LogP contribution in [-0.2, 0) is 13.0 Å². The lowest BCUT2D eigenvalue weighted by atomic mass is 10.2. The van der Waals surface area contributed by atoms with Gasteiger partial charge in [-0.3, -0.25) is 25.0 Å². The van der Waals surface area contributed by atoms with Crippen molar-refractivity contribution in [1.82, 2.24) is 9.66 Å². The van der Waals surface area contributed by atoms with E-state index in [-0.39, 0.29) is 34.9 Å². The molecule has 0 radical (unpaired) electrons. The molecule has 0 aliphatic rings. The molecule has 0 saturated heterocycles. The van der Waals surface area contributed by atoms with E-state index in [1.165, 1.54) is 41.2 Å². The Morgan fingerprint density at radius 1 is 1.05 bits per heavy atom. The van der Waals surface area contributed by atoms with Gasteiger partial charge in [0.1, 0.15) is 18.2 Å². The first kappa shape index (κ1) is 26.6. The Morgan fingerprint density at radius 3 is 2.55 bits per heavy atom. The smallest absolute Gasteiger partial charge is 0.282 e. The van der Waals surface area contributed by atoms with Gasteiger partial charge in [0.15, 0.2) is 0 Å². The molecule has 0 aliphatic carbocycles. The standard InChI is InChI=1S/C26H22BrN5O6/c1-2-3-7-25-29-23-10-8-19(27)14-22(23)26(33)30(25)28-15-18-13-21(32(36)37)9-11-24(18)38-16-17-5-4-6-20(12-17)31(34)35/h4-6,8-15H,2-3,7,16H2,1H3. The SMILES string of the molecule is CCCCc1nc2ccc(Br)cc2c(=O)n1N=Cc1cc([N+](=O)[O-])ccc1OCc1cccc([N+](=O)[O-])c1. The van der Waals surface area contributed by atoms with Crippen molar-refractivity contribution in [2.24, 2.45) is 5.10 Å². The lowest BCUT2D eigenvalue weighted by Gasteiger charge is -2.11. The van der Waals surface area contributed by atoms with Gasteiger partial charge < -0.3 is 4.74 Å². The summed E-state index contributed by atoms with van der Waals surface area (Å²) in [6.45, 7) is 2.01. The van der Waals surface area contributed by atoms with Crippen LogP contribution in [-0.4, -0.2) is 25.7 Å². The minimum Gasteiger partial charge on any atom is -0.488 e. The number of nitro benzene ring substituents is 2. The van der Waals surface area contributed by atoms with Crippen molar-refractivity contribution in [3.8, 4) is 5.75 Å². The predicted molar refractivity (Wildman–Crippen MR) is 146 cm³/mol. The molecule has 11 nitrogen and oxygen atoms in total. The minimum atomic E-state index is -0.546. The van der Waals surface area contributed by atoms with Crippen molar-refractivity contribution < 1.29 is 14.6 Å². The number of rotatable bonds is 10. The van der Waals surface area contributed by atoms with Crippen molar-refractivity contribution in [1.29, 1.82) is 0 Å². The molecular formula is C26H22BrN5O6. The number of ether oxygens (including phenoxy) is 1. The zero-order valence-electron chi connectivity index (χ0n) is 20.2. The van der Waals surface area contributed by atoms with Gasteiger partial charge in [-0.25, -0.2) is 4.98 Å². The Hall–Kier alpha value is -4.45. The summed E-state index contributed by atoms with van der Waals surface area (Å²) in [5.41, 5.74) is 0.713. The lowest BCUT2D eigenvalue weighted by Crippen LogP contribution is -2.22. The van der Waals surface area contributed by atoms with Crippen LogP contribution in [0.4, 0.5) is 11.4 Å². The number of nitro groups is 2. The van der Waals surface area contributed by atoms with E-state index >= 15 is 0 Å². The van der Waals surface area contributed by atoms with Crippen molar-refractivity contribution in [3.63, 3.8) is 0 Å². The summed E-state index contributed by atoms with van der Waals surface area (Å²) in [5, 5.41) is 27.2. The summed E-state index contributed by atoms with van der Waals surface area (Å²) in [6, 6.07) is 15.2. The van der Waals surface area contributed by atoms with Crippen molar-refractivity contribution in [2.45, 2.75) is 32.8 Å². The van der Waals surface area contributed by atoms with E-state index in [4.69, 9.17) is 4.74 Å². The number of unbranched alkanes of at least 4 members (excludes halogenated alkanes) is 1. The highest BCUT2D eigenvalue weighted by Crippen LogP contribution is 2.25.